The summed E-state index contributed by atoms with van der Waals surface area (Å²) in [5.74, 6) is -0.757. The minimum atomic E-state index is -0.403. The first kappa shape index (κ1) is 14.5. The van der Waals surface area contributed by atoms with Gasteiger partial charge in [-0.05, 0) is 44.5 Å². The average molecular weight is 293 g/mol. The van der Waals surface area contributed by atoms with E-state index in [0.717, 1.165) is 16.9 Å². The Morgan fingerprint density at radius 3 is 2.14 bits per heavy atom. The van der Waals surface area contributed by atoms with E-state index in [2.05, 4.69) is 25.7 Å². The summed E-state index contributed by atoms with van der Waals surface area (Å²) in [5, 5.41) is 0. The predicted octanol–water partition coefficient (Wildman–Crippen LogP) is 3.93. The topological polar surface area (TPSA) is 37.4 Å². The second-order valence-corrected chi connectivity index (χ2v) is 6.58. The number of Topliss-reactive ketones (excluding diaryl/α,β-unsaturated/α-hetero) is 2. The van der Waals surface area contributed by atoms with Crippen molar-refractivity contribution in [3.63, 3.8) is 0 Å². The molecule has 0 saturated heterocycles. The summed E-state index contributed by atoms with van der Waals surface area (Å²) >= 11 is 0. The van der Waals surface area contributed by atoms with Gasteiger partial charge in [0.1, 0.15) is 0 Å². The van der Waals surface area contributed by atoms with E-state index in [9.17, 15) is 9.59 Å². The van der Waals surface area contributed by atoms with E-state index in [-0.39, 0.29) is 17.7 Å². The van der Waals surface area contributed by atoms with E-state index in [1.165, 1.54) is 0 Å². The maximum Gasteiger partial charge on any atom is 0.231 e. The lowest BCUT2D eigenvalue weighted by Gasteiger charge is -2.40. The van der Waals surface area contributed by atoms with Crippen LogP contribution in [0.4, 0.5) is 11.4 Å². The van der Waals surface area contributed by atoms with Crippen LogP contribution in [-0.2, 0) is 11.2 Å². The fourth-order valence-electron chi connectivity index (χ4n) is 3.00. The fraction of sp³-hybridized carbons (Fsp3) is 0.263. The highest BCUT2D eigenvalue weighted by atomic mass is 16.2. The van der Waals surface area contributed by atoms with Crippen molar-refractivity contribution in [1.29, 1.82) is 0 Å². The van der Waals surface area contributed by atoms with E-state index in [4.69, 9.17) is 0 Å². The Kier molecular flexibility index (Phi) is 3.36. The van der Waals surface area contributed by atoms with Gasteiger partial charge in [-0.15, -0.1) is 0 Å². The first-order chi connectivity index (χ1) is 10.4. The molecule has 0 amide bonds. The molecule has 0 fully saturated rings. The molecule has 112 valence electrons. The maximum atomic E-state index is 12.5. The molecule has 1 aliphatic rings. The van der Waals surface area contributed by atoms with Gasteiger partial charge in [0.05, 0.1) is 5.69 Å². The van der Waals surface area contributed by atoms with Gasteiger partial charge >= 0.3 is 0 Å². The Morgan fingerprint density at radius 1 is 0.864 bits per heavy atom. The summed E-state index contributed by atoms with van der Waals surface area (Å²) in [5.41, 5.74) is 2.94. The molecule has 3 heteroatoms. The zero-order valence-corrected chi connectivity index (χ0v) is 13.1. The third-order valence-corrected chi connectivity index (χ3v) is 3.90. The van der Waals surface area contributed by atoms with Crippen LogP contribution in [0.25, 0.3) is 0 Å². The molecule has 0 N–H and O–H groups in total. The third kappa shape index (κ3) is 2.33. The molecular formula is C19H19NO2. The minimum Gasteiger partial charge on any atom is -0.335 e. The van der Waals surface area contributed by atoms with Crippen LogP contribution in [0.5, 0.6) is 0 Å². The quantitative estimate of drug-likeness (QED) is 0.691. The van der Waals surface area contributed by atoms with Gasteiger partial charge < -0.3 is 4.90 Å². The molecule has 1 aliphatic heterocycles. The predicted molar refractivity (Wildman–Crippen MR) is 87.8 cm³/mol. The number of rotatable bonds is 0. The number of carbonyl (C=O) groups is 2. The van der Waals surface area contributed by atoms with Crippen molar-refractivity contribution in [2.75, 3.05) is 4.90 Å². The number of carbonyl (C=O) groups excluding carboxylic acids is 2. The van der Waals surface area contributed by atoms with E-state index in [1.807, 2.05) is 36.4 Å². The van der Waals surface area contributed by atoms with Crippen molar-refractivity contribution in [1.82, 2.24) is 0 Å². The lowest BCUT2D eigenvalue weighted by Crippen LogP contribution is -2.40. The zero-order valence-electron chi connectivity index (χ0n) is 13.1. The van der Waals surface area contributed by atoms with Crippen molar-refractivity contribution >= 4 is 22.9 Å². The van der Waals surface area contributed by atoms with Gasteiger partial charge in [0.25, 0.3) is 0 Å². The van der Waals surface area contributed by atoms with Gasteiger partial charge in [-0.2, -0.15) is 0 Å². The Balaban J connectivity index is 2.35. The largest absolute Gasteiger partial charge is 0.335 e. The molecule has 0 aromatic heterocycles. The SMILES string of the molecule is CC(C)(C)N1c2ccccc2CC(=O)C(=O)c2ccccc21. The summed E-state index contributed by atoms with van der Waals surface area (Å²) in [6.07, 6.45) is 0.149. The number of nitrogens with zero attached hydrogens (tertiary/aromatic N) is 1. The first-order valence-corrected chi connectivity index (χ1v) is 7.44. The molecule has 0 saturated carbocycles. The van der Waals surface area contributed by atoms with Crippen LogP contribution >= 0.6 is 0 Å². The molecule has 22 heavy (non-hydrogen) atoms. The molecule has 0 atom stereocenters. The van der Waals surface area contributed by atoms with Gasteiger partial charge in [0.2, 0.25) is 11.6 Å². The van der Waals surface area contributed by atoms with Crippen LogP contribution in [0, 0.1) is 0 Å². The summed E-state index contributed by atoms with van der Waals surface area (Å²) in [6.45, 7) is 6.32. The van der Waals surface area contributed by atoms with Crippen LogP contribution < -0.4 is 4.90 Å². The van der Waals surface area contributed by atoms with Crippen LogP contribution in [0.15, 0.2) is 48.5 Å². The van der Waals surface area contributed by atoms with E-state index < -0.39 is 5.78 Å². The average Bonchev–Trinajstić information content (AvgIpc) is 2.46. The molecule has 0 bridgehead atoms. The van der Waals surface area contributed by atoms with Crippen molar-refractivity contribution in [2.45, 2.75) is 32.7 Å². The number of para-hydroxylation sites is 2. The molecule has 2 aromatic rings. The second-order valence-electron chi connectivity index (χ2n) is 6.58. The molecule has 0 unspecified atom stereocenters. The number of ketones is 2. The molecule has 3 nitrogen and oxygen atoms in total. The van der Waals surface area contributed by atoms with Gasteiger partial charge in [0, 0.05) is 23.2 Å². The molecule has 0 radical (unpaired) electrons. The fourth-order valence-corrected chi connectivity index (χ4v) is 3.00. The molecule has 0 spiro atoms. The minimum absolute atomic E-state index is 0.149. The van der Waals surface area contributed by atoms with E-state index >= 15 is 0 Å². The first-order valence-electron chi connectivity index (χ1n) is 7.44. The van der Waals surface area contributed by atoms with Crippen LogP contribution in [-0.4, -0.2) is 17.1 Å². The molecule has 1 heterocycles. The number of hydrogen-bond donors (Lipinski definition) is 0. The van der Waals surface area contributed by atoms with Gasteiger partial charge in [-0.25, -0.2) is 0 Å². The van der Waals surface area contributed by atoms with Crippen molar-refractivity contribution in [2.24, 2.45) is 0 Å². The van der Waals surface area contributed by atoms with Crippen LogP contribution in [0.3, 0.4) is 0 Å². The number of fused-ring (bicyclic) bond motifs is 2. The molecule has 2 aromatic carbocycles. The van der Waals surface area contributed by atoms with Crippen molar-refractivity contribution in [3.05, 3.63) is 59.7 Å². The lowest BCUT2D eigenvalue weighted by molar-refractivity contribution is -0.114. The summed E-state index contributed by atoms with van der Waals surface area (Å²) in [4.78, 5) is 26.9. The highest BCUT2D eigenvalue weighted by Gasteiger charge is 2.32. The monoisotopic (exact) mass is 293 g/mol. The maximum absolute atomic E-state index is 12.5. The smallest absolute Gasteiger partial charge is 0.231 e. The van der Waals surface area contributed by atoms with E-state index in [1.54, 1.807) is 12.1 Å². The van der Waals surface area contributed by atoms with Gasteiger partial charge in [-0.1, -0.05) is 30.3 Å². The molecular weight excluding hydrogens is 274 g/mol. The Labute approximate surface area is 130 Å². The van der Waals surface area contributed by atoms with Gasteiger partial charge in [0.15, 0.2) is 0 Å². The zero-order chi connectivity index (χ0) is 15.9. The van der Waals surface area contributed by atoms with Gasteiger partial charge in [-0.3, -0.25) is 9.59 Å². The summed E-state index contributed by atoms with van der Waals surface area (Å²) in [7, 11) is 0. The highest BCUT2D eigenvalue weighted by Crippen LogP contribution is 2.39. The number of benzene rings is 2. The van der Waals surface area contributed by atoms with Crippen LogP contribution in [0.1, 0.15) is 36.7 Å². The second kappa shape index (κ2) is 5.09. The number of hydrogen-bond acceptors (Lipinski definition) is 3. The Bertz CT molecular complexity index is 756. The highest BCUT2D eigenvalue weighted by molar-refractivity contribution is 6.45. The standard InChI is InChI=1S/C19H19NO2/c1-19(2,3)20-15-10-6-4-8-13(15)12-17(21)18(22)14-9-5-7-11-16(14)20/h4-11H,12H2,1-3H3. The normalized spacial score (nSPS) is 15.0. The molecule has 0 aliphatic carbocycles. The Hall–Kier alpha value is -2.42. The Morgan fingerprint density at radius 2 is 1.45 bits per heavy atom. The van der Waals surface area contributed by atoms with Crippen molar-refractivity contribution in [3.8, 4) is 0 Å². The molecule has 3 rings (SSSR count). The lowest BCUT2D eigenvalue weighted by atomic mass is 9.91. The van der Waals surface area contributed by atoms with Crippen LogP contribution in [0.2, 0.25) is 0 Å². The summed E-state index contributed by atoms with van der Waals surface area (Å²) < 4.78 is 0. The van der Waals surface area contributed by atoms with E-state index in [0.29, 0.717) is 5.56 Å². The third-order valence-electron chi connectivity index (χ3n) is 3.90. The number of anilines is 2. The summed E-state index contributed by atoms with van der Waals surface area (Å²) in [6, 6.07) is 15.2. The van der Waals surface area contributed by atoms with Crippen molar-refractivity contribution < 1.29 is 9.59 Å².